The first-order valence-corrected chi connectivity index (χ1v) is 9.93. The molecule has 2 aromatic carbocycles. The molecular weight excluding hydrogens is 395 g/mol. The molecule has 1 unspecified atom stereocenters. The number of halogens is 2. The molecule has 0 aliphatic heterocycles. The SMILES string of the molecule is CCCN(CCNC(=O)c1ccc(Cl)cc1Cl)c1ccc(S(=O)[O-])cc1. The van der Waals surface area contributed by atoms with E-state index in [0.717, 1.165) is 18.7 Å². The van der Waals surface area contributed by atoms with Crippen LogP contribution < -0.4 is 10.2 Å². The lowest BCUT2D eigenvalue weighted by Crippen LogP contribution is -2.35. The van der Waals surface area contributed by atoms with E-state index in [1.54, 1.807) is 36.4 Å². The Morgan fingerprint density at radius 2 is 1.85 bits per heavy atom. The highest BCUT2D eigenvalue weighted by molar-refractivity contribution is 7.79. The van der Waals surface area contributed by atoms with Gasteiger partial charge < -0.3 is 14.8 Å². The van der Waals surface area contributed by atoms with Crippen molar-refractivity contribution in [1.29, 1.82) is 0 Å². The monoisotopic (exact) mass is 413 g/mol. The van der Waals surface area contributed by atoms with E-state index in [0.29, 0.717) is 28.7 Å². The molecule has 26 heavy (non-hydrogen) atoms. The van der Waals surface area contributed by atoms with E-state index in [2.05, 4.69) is 17.1 Å². The molecule has 8 heteroatoms. The maximum Gasteiger partial charge on any atom is 0.252 e. The Labute approximate surface area is 165 Å². The Morgan fingerprint density at radius 3 is 2.42 bits per heavy atom. The first kappa shape index (κ1) is 20.7. The van der Waals surface area contributed by atoms with Gasteiger partial charge >= 0.3 is 0 Å². The second-order valence-electron chi connectivity index (χ2n) is 5.60. The lowest BCUT2D eigenvalue weighted by atomic mass is 10.2. The molecule has 0 radical (unpaired) electrons. The third-order valence-corrected chi connectivity index (χ3v) is 4.94. The molecule has 1 N–H and O–H groups in total. The lowest BCUT2D eigenvalue weighted by molar-refractivity contribution is 0.0955. The van der Waals surface area contributed by atoms with Gasteiger partial charge in [0.05, 0.1) is 10.6 Å². The van der Waals surface area contributed by atoms with Crippen LogP contribution in [0.5, 0.6) is 0 Å². The molecule has 2 rings (SSSR count). The number of carbonyl (C=O) groups excluding carboxylic acids is 1. The summed E-state index contributed by atoms with van der Waals surface area (Å²) in [6.07, 6.45) is 0.923. The van der Waals surface area contributed by atoms with Crippen LogP contribution in [0.2, 0.25) is 10.0 Å². The summed E-state index contributed by atoms with van der Waals surface area (Å²) < 4.78 is 21.9. The highest BCUT2D eigenvalue weighted by Gasteiger charge is 2.11. The summed E-state index contributed by atoms with van der Waals surface area (Å²) in [7, 11) is 0. The van der Waals surface area contributed by atoms with Crippen molar-refractivity contribution >= 4 is 45.9 Å². The van der Waals surface area contributed by atoms with Crippen molar-refractivity contribution in [3.8, 4) is 0 Å². The summed E-state index contributed by atoms with van der Waals surface area (Å²) in [4.78, 5) is 14.6. The summed E-state index contributed by atoms with van der Waals surface area (Å²) in [5.41, 5.74) is 1.28. The number of carbonyl (C=O) groups is 1. The first-order valence-electron chi connectivity index (χ1n) is 8.10. The van der Waals surface area contributed by atoms with Gasteiger partial charge in [-0.3, -0.25) is 9.00 Å². The van der Waals surface area contributed by atoms with E-state index in [4.69, 9.17) is 23.2 Å². The predicted octanol–water partition coefficient (Wildman–Crippen LogP) is 3.88. The summed E-state index contributed by atoms with van der Waals surface area (Å²) >= 11 is 9.65. The van der Waals surface area contributed by atoms with Crippen LogP contribution in [-0.2, 0) is 11.1 Å². The molecule has 5 nitrogen and oxygen atoms in total. The molecule has 2 aromatic rings. The Balaban J connectivity index is 1.97. The number of rotatable bonds is 8. The summed E-state index contributed by atoms with van der Waals surface area (Å²) in [6.45, 7) is 3.86. The van der Waals surface area contributed by atoms with Gasteiger partial charge in [0.1, 0.15) is 0 Å². The van der Waals surface area contributed by atoms with Crippen molar-refractivity contribution in [2.24, 2.45) is 0 Å². The second-order valence-corrected chi connectivity index (χ2v) is 7.38. The third-order valence-electron chi connectivity index (χ3n) is 3.73. The first-order chi connectivity index (χ1) is 12.4. The molecule has 140 valence electrons. The average Bonchev–Trinajstić information content (AvgIpc) is 2.61. The fourth-order valence-corrected chi connectivity index (χ4v) is 3.33. The van der Waals surface area contributed by atoms with Crippen LogP contribution in [0.25, 0.3) is 0 Å². The van der Waals surface area contributed by atoms with Crippen LogP contribution in [0.1, 0.15) is 23.7 Å². The molecule has 0 bridgehead atoms. The van der Waals surface area contributed by atoms with E-state index in [9.17, 15) is 13.6 Å². The molecule has 1 amide bonds. The number of hydrogen-bond donors (Lipinski definition) is 1. The Morgan fingerprint density at radius 1 is 1.15 bits per heavy atom. The molecular formula is C18H19Cl2N2O3S-. The summed E-state index contributed by atoms with van der Waals surface area (Å²) in [5.74, 6) is -0.264. The molecule has 0 aliphatic carbocycles. The second kappa shape index (κ2) is 9.92. The average molecular weight is 414 g/mol. The van der Waals surface area contributed by atoms with Crippen LogP contribution >= 0.6 is 23.2 Å². The highest BCUT2D eigenvalue weighted by atomic mass is 35.5. The topological polar surface area (TPSA) is 72.5 Å². The van der Waals surface area contributed by atoms with Gasteiger partial charge in [-0.1, -0.05) is 30.1 Å². The molecule has 0 heterocycles. The van der Waals surface area contributed by atoms with Gasteiger partial charge in [-0.2, -0.15) is 0 Å². The van der Waals surface area contributed by atoms with Gasteiger partial charge in [0, 0.05) is 35.2 Å². The number of hydrogen-bond acceptors (Lipinski definition) is 4. The fourth-order valence-electron chi connectivity index (χ4n) is 2.48. The minimum atomic E-state index is -2.24. The van der Waals surface area contributed by atoms with E-state index < -0.39 is 11.1 Å². The molecule has 0 aromatic heterocycles. The zero-order valence-electron chi connectivity index (χ0n) is 14.2. The molecule has 0 fully saturated rings. The Kier molecular flexibility index (Phi) is 7.90. The van der Waals surface area contributed by atoms with Crippen molar-refractivity contribution in [2.45, 2.75) is 18.2 Å². The third kappa shape index (κ3) is 5.71. The Bertz CT molecular complexity index is 785. The minimum absolute atomic E-state index is 0.246. The Hall–Kier alpha value is -1.60. The summed E-state index contributed by atoms with van der Waals surface area (Å²) in [6, 6.07) is 11.4. The maximum absolute atomic E-state index is 12.2. The van der Waals surface area contributed by atoms with Gasteiger partial charge in [0.15, 0.2) is 0 Å². The maximum atomic E-state index is 12.2. The van der Waals surface area contributed by atoms with Gasteiger partial charge in [-0.05, 0) is 60.0 Å². The predicted molar refractivity (Wildman–Crippen MR) is 105 cm³/mol. The molecule has 0 aliphatic rings. The highest BCUT2D eigenvalue weighted by Crippen LogP contribution is 2.21. The largest absolute Gasteiger partial charge is 0.768 e. The van der Waals surface area contributed by atoms with Crippen molar-refractivity contribution < 1.29 is 13.6 Å². The van der Waals surface area contributed by atoms with Gasteiger partial charge in [0.2, 0.25) is 0 Å². The number of nitrogens with zero attached hydrogens (tertiary/aromatic N) is 1. The van der Waals surface area contributed by atoms with Crippen molar-refractivity contribution in [3.05, 3.63) is 58.1 Å². The molecule has 1 atom stereocenters. The molecule has 0 saturated carbocycles. The standard InChI is InChI=1S/C18H20Cl2N2O3S/c1-2-10-22(14-4-6-15(7-5-14)26(24)25)11-9-21-18(23)16-8-3-13(19)12-17(16)20/h3-8,12H,2,9-11H2,1H3,(H,21,23)(H,24,25)/p-1. The van der Waals surface area contributed by atoms with Gasteiger partial charge in [0.25, 0.3) is 5.91 Å². The quantitative estimate of drug-likeness (QED) is 0.666. The number of anilines is 1. The summed E-state index contributed by atoms with van der Waals surface area (Å²) in [5, 5.41) is 3.62. The molecule has 0 saturated heterocycles. The molecule has 0 spiro atoms. The lowest BCUT2D eigenvalue weighted by Gasteiger charge is -2.25. The van der Waals surface area contributed by atoms with E-state index >= 15 is 0 Å². The van der Waals surface area contributed by atoms with E-state index in [-0.39, 0.29) is 10.8 Å². The smallest absolute Gasteiger partial charge is 0.252 e. The van der Waals surface area contributed by atoms with Crippen molar-refractivity contribution in [1.82, 2.24) is 5.32 Å². The van der Waals surface area contributed by atoms with Gasteiger partial charge in [-0.15, -0.1) is 0 Å². The van der Waals surface area contributed by atoms with E-state index in [1.165, 1.54) is 6.07 Å². The van der Waals surface area contributed by atoms with Crippen LogP contribution in [0.15, 0.2) is 47.4 Å². The number of nitrogens with one attached hydrogen (secondary N) is 1. The van der Waals surface area contributed by atoms with Crippen molar-refractivity contribution in [2.75, 3.05) is 24.5 Å². The van der Waals surface area contributed by atoms with Gasteiger partial charge in [-0.25, -0.2) is 0 Å². The number of amides is 1. The normalized spacial score (nSPS) is 11.8. The zero-order valence-corrected chi connectivity index (χ0v) is 16.5. The van der Waals surface area contributed by atoms with Crippen LogP contribution in [-0.4, -0.2) is 34.3 Å². The van der Waals surface area contributed by atoms with Crippen molar-refractivity contribution in [3.63, 3.8) is 0 Å². The fraction of sp³-hybridized carbons (Fsp3) is 0.278. The van der Waals surface area contributed by atoms with Crippen LogP contribution in [0.4, 0.5) is 5.69 Å². The van der Waals surface area contributed by atoms with E-state index in [1.807, 2.05) is 0 Å². The van der Waals surface area contributed by atoms with Crippen LogP contribution in [0.3, 0.4) is 0 Å². The van der Waals surface area contributed by atoms with Crippen LogP contribution in [0, 0.1) is 0 Å². The number of benzene rings is 2. The minimum Gasteiger partial charge on any atom is -0.768 e. The zero-order chi connectivity index (χ0) is 19.1.